The summed E-state index contributed by atoms with van der Waals surface area (Å²) in [6, 6.07) is 2.19. The second kappa shape index (κ2) is 4.83. The number of aliphatic hydroxyl groups excluding tert-OH is 1. The largest absolute Gasteiger partial charge is 0.395 e. The molecule has 1 saturated heterocycles. The molecule has 2 atom stereocenters. The van der Waals surface area contributed by atoms with E-state index in [1.165, 1.54) is 0 Å². The molecule has 0 spiro atoms. The number of morpholine rings is 1. The average Bonchev–Trinajstić information content (AvgIpc) is 2.29. The van der Waals surface area contributed by atoms with Gasteiger partial charge in [-0.15, -0.1) is 0 Å². The summed E-state index contributed by atoms with van der Waals surface area (Å²) in [4.78, 5) is 4.22. The van der Waals surface area contributed by atoms with Crippen molar-refractivity contribution >= 4 is 0 Å². The van der Waals surface area contributed by atoms with Gasteiger partial charge >= 0.3 is 0 Å². The van der Waals surface area contributed by atoms with Crippen LogP contribution in [0.1, 0.15) is 6.42 Å². The van der Waals surface area contributed by atoms with Crippen molar-refractivity contribution in [1.82, 2.24) is 9.80 Å². The lowest BCUT2D eigenvalue weighted by Crippen LogP contribution is -2.59. The van der Waals surface area contributed by atoms with Crippen LogP contribution < -0.4 is 0 Å². The van der Waals surface area contributed by atoms with E-state index in [-0.39, 0.29) is 18.9 Å². The lowest BCUT2D eigenvalue weighted by atomic mass is 10.0. The second-order valence-corrected chi connectivity index (χ2v) is 4.22. The number of likely N-dealkylation sites (N-methyl/N-ethyl adjacent to an activating group) is 1. The third-order valence-corrected chi connectivity index (χ3v) is 3.15. The highest BCUT2D eigenvalue weighted by Gasteiger charge is 2.37. The Labute approximate surface area is 95.5 Å². The van der Waals surface area contributed by atoms with Gasteiger partial charge in [-0.1, -0.05) is 0 Å². The molecule has 2 aliphatic heterocycles. The number of aliphatic hydroxyl groups is 1. The van der Waals surface area contributed by atoms with Gasteiger partial charge in [-0.2, -0.15) is 5.26 Å². The molecular weight excluding hydrogens is 206 g/mol. The van der Waals surface area contributed by atoms with Crippen molar-refractivity contribution in [2.45, 2.75) is 18.7 Å². The molecule has 0 bridgehead atoms. The van der Waals surface area contributed by atoms with Crippen molar-refractivity contribution in [3.63, 3.8) is 0 Å². The Bertz CT molecular complexity index is 322. The quantitative estimate of drug-likeness (QED) is 0.699. The van der Waals surface area contributed by atoms with Crippen LogP contribution in [0.25, 0.3) is 0 Å². The number of fused-ring (bicyclic) bond motifs is 1. The molecule has 1 N–H and O–H groups in total. The summed E-state index contributed by atoms with van der Waals surface area (Å²) in [5.74, 6) is 0. The van der Waals surface area contributed by atoms with E-state index in [4.69, 9.17) is 15.1 Å². The van der Waals surface area contributed by atoms with E-state index in [2.05, 4.69) is 11.0 Å². The third-order valence-electron chi connectivity index (χ3n) is 3.15. The van der Waals surface area contributed by atoms with E-state index in [0.29, 0.717) is 19.6 Å². The van der Waals surface area contributed by atoms with Gasteiger partial charge in [-0.05, 0) is 0 Å². The highest BCUT2D eigenvalue weighted by molar-refractivity contribution is 5.24. The Balaban J connectivity index is 2.15. The lowest BCUT2D eigenvalue weighted by Gasteiger charge is -2.47. The summed E-state index contributed by atoms with van der Waals surface area (Å²) in [7, 11) is 1.95. The molecule has 1 fully saturated rings. The van der Waals surface area contributed by atoms with Crippen LogP contribution in [0.3, 0.4) is 0 Å². The Kier molecular flexibility index (Phi) is 3.44. The Morgan fingerprint density at radius 3 is 3.19 bits per heavy atom. The van der Waals surface area contributed by atoms with Gasteiger partial charge in [-0.3, -0.25) is 4.90 Å². The molecule has 16 heavy (non-hydrogen) atoms. The summed E-state index contributed by atoms with van der Waals surface area (Å²) in [5, 5.41) is 17.9. The van der Waals surface area contributed by atoms with Crippen molar-refractivity contribution in [1.29, 1.82) is 5.26 Å². The molecule has 2 unspecified atom stereocenters. The zero-order valence-electron chi connectivity index (χ0n) is 9.46. The summed E-state index contributed by atoms with van der Waals surface area (Å²) >= 11 is 0. The molecule has 0 saturated carbocycles. The Hall–Kier alpha value is -1.09. The fourth-order valence-electron chi connectivity index (χ4n) is 2.50. The molecule has 0 radical (unpaired) electrons. The van der Waals surface area contributed by atoms with Gasteiger partial charge in [0.2, 0.25) is 0 Å². The van der Waals surface area contributed by atoms with E-state index < -0.39 is 0 Å². The van der Waals surface area contributed by atoms with Gasteiger partial charge in [0.1, 0.15) is 6.17 Å². The molecule has 0 aliphatic carbocycles. The maximum Gasteiger partial charge on any atom is 0.109 e. The third kappa shape index (κ3) is 2.05. The highest BCUT2D eigenvalue weighted by atomic mass is 16.5. The summed E-state index contributed by atoms with van der Waals surface area (Å²) in [5.41, 5.74) is 0.759. The molecule has 2 rings (SSSR count). The zero-order valence-corrected chi connectivity index (χ0v) is 9.46. The number of ether oxygens (including phenoxy) is 1. The van der Waals surface area contributed by atoms with Crippen molar-refractivity contribution in [3.05, 3.63) is 11.8 Å². The molecule has 0 aromatic rings. The van der Waals surface area contributed by atoms with E-state index >= 15 is 0 Å². The molecule has 2 heterocycles. The number of β-amino-alcohol motifs (C(OH)–C–C–N with tert-alkyl or cyclic N) is 1. The van der Waals surface area contributed by atoms with E-state index in [0.717, 1.165) is 12.1 Å². The molecule has 2 aliphatic rings. The molecular formula is C11H17N3O2. The summed E-state index contributed by atoms with van der Waals surface area (Å²) in [6.45, 7) is 2.33. The second-order valence-electron chi connectivity index (χ2n) is 4.22. The standard InChI is InChI=1S/C11H17N3O2/c1-13-8-9(7-12)6-10-11(13)14(2-4-15)3-5-16-10/h8,10-11,15H,2-6H2,1H3. The first-order valence-corrected chi connectivity index (χ1v) is 5.55. The number of rotatable bonds is 2. The maximum absolute atomic E-state index is 9.02. The molecule has 5 nitrogen and oxygen atoms in total. The Morgan fingerprint density at radius 1 is 1.69 bits per heavy atom. The highest BCUT2D eigenvalue weighted by Crippen LogP contribution is 2.27. The average molecular weight is 223 g/mol. The minimum Gasteiger partial charge on any atom is -0.395 e. The molecule has 5 heteroatoms. The van der Waals surface area contributed by atoms with Crippen LogP contribution in [0.2, 0.25) is 0 Å². The van der Waals surface area contributed by atoms with Crippen LogP contribution in [0.4, 0.5) is 0 Å². The number of nitrogens with zero attached hydrogens (tertiary/aromatic N) is 3. The van der Waals surface area contributed by atoms with Gasteiger partial charge < -0.3 is 14.7 Å². The zero-order chi connectivity index (χ0) is 11.5. The van der Waals surface area contributed by atoms with Gasteiger partial charge in [-0.25, -0.2) is 0 Å². The predicted molar refractivity (Wildman–Crippen MR) is 58.3 cm³/mol. The molecule has 0 amide bonds. The fraction of sp³-hybridized carbons (Fsp3) is 0.727. The van der Waals surface area contributed by atoms with Crippen LogP contribution in [-0.4, -0.2) is 60.5 Å². The van der Waals surface area contributed by atoms with Gasteiger partial charge in [0, 0.05) is 38.3 Å². The SMILES string of the molecule is CN1C=C(C#N)CC2OCCN(CCO)C21. The van der Waals surface area contributed by atoms with Crippen molar-refractivity contribution in [2.75, 3.05) is 33.4 Å². The smallest absolute Gasteiger partial charge is 0.109 e. The monoisotopic (exact) mass is 223 g/mol. The number of hydrogen-bond donors (Lipinski definition) is 1. The lowest BCUT2D eigenvalue weighted by molar-refractivity contribution is -0.118. The van der Waals surface area contributed by atoms with Crippen molar-refractivity contribution < 1.29 is 9.84 Å². The molecule has 88 valence electrons. The minimum atomic E-state index is 0.0462. The number of nitriles is 1. The van der Waals surface area contributed by atoms with Crippen LogP contribution >= 0.6 is 0 Å². The fourth-order valence-corrected chi connectivity index (χ4v) is 2.50. The summed E-state index contributed by atoms with van der Waals surface area (Å²) in [6.07, 6.45) is 2.75. The minimum absolute atomic E-state index is 0.0462. The Morgan fingerprint density at radius 2 is 2.50 bits per heavy atom. The van der Waals surface area contributed by atoms with E-state index in [9.17, 15) is 0 Å². The van der Waals surface area contributed by atoms with Crippen LogP contribution in [0, 0.1) is 11.3 Å². The summed E-state index contributed by atoms with van der Waals surface area (Å²) < 4.78 is 5.70. The van der Waals surface area contributed by atoms with Crippen LogP contribution in [0.15, 0.2) is 11.8 Å². The van der Waals surface area contributed by atoms with Gasteiger partial charge in [0.05, 0.1) is 25.4 Å². The van der Waals surface area contributed by atoms with E-state index in [1.807, 2.05) is 18.1 Å². The molecule has 0 aromatic carbocycles. The first kappa shape index (κ1) is 11.4. The molecule has 0 aromatic heterocycles. The van der Waals surface area contributed by atoms with Crippen molar-refractivity contribution in [3.8, 4) is 6.07 Å². The van der Waals surface area contributed by atoms with Crippen LogP contribution in [0.5, 0.6) is 0 Å². The number of hydrogen-bond acceptors (Lipinski definition) is 5. The predicted octanol–water partition coefficient (Wildman–Crippen LogP) is -0.251. The van der Waals surface area contributed by atoms with Crippen LogP contribution in [-0.2, 0) is 4.74 Å². The normalized spacial score (nSPS) is 30.6. The van der Waals surface area contributed by atoms with Gasteiger partial charge in [0.25, 0.3) is 0 Å². The topological polar surface area (TPSA) is 59.7 Å². The van der Waals surface area contributed by atoms with Gasteiger partial charge in [0.15, 0.2) is 0 Å². The first-order valence-electron chi connectivity index (χ1n) is 5.55. The van der Waals surface area contributed by atoms with Crippen molar-refractivity contribution in [2.24, 2.45) is 0 Å². The van der Waals surface area contributed by atoms with E-state index in [1.54, 1.807) is 0 Å². The first-order chi connectivity index (χ1) is 7.76. The maximum atomic E-state index is 9.02.